The number of benzene rings is 13. The summed E-state index contributed by atoms with van der Waals surface area (Å²) in [6, 6.07) is 101. The fourth-order valence-corrected chi connectivity index (χ4v) is 17.0. The molecular formula is C94H79BN4. The largest absolute Gasteiger partial charge is 0.311 e. The zero-order valence-corrected chi connectivity index (χ0v) is 58.7. The van der Waals surface area contributed by atoms with Crippen LogP contribution < -0.4 is 26.2 Å². The molecule has 0 spiro atoms. The first-order chi connectivity index (χ1) is 47.6. The SMILES string of the molecule is CC(C)(C)c1ccc2c(c1)c1cc(C(C)(C)C)cc3c4cc5c(cc4n2c13)N(c1cc(-c2ccccc2)cc(-c2ccccc2)c1)c1cccc2c1B5c1cc3c4cc(C(C)(C)C)cc5c6cc(C(C)(C)C)ccc6n(c3cc1N2c1cc(-c2ccccc2)cc(-c2ccccc2)c1)c54. The summed E-state index contributed by atoms with van der Waals surface area (Å²) in [4.78, 5) is 5.31. The van der Waals surface area contributed by atoms with Crippen LogP contribution >= 0.6 is 0 Å². The molecular weight excluding hydrogens is 1200 g/mol. The Morgan fingerprint density at radius 1 is 0.232 bits per heavy atom. The summed E-state index contributed by atoms with van der Waals surface area (Å²) in [5.41, 5.74) is 32.7. The Labute approximate surface area is 580 Å². The molecule has 19 rings (SSSR count). The maximum absolute atomic E-state index is 2.66. The van der Waals surface area contributed by atoms with Crippen LogP contribution in [-0.2, 0) is 21.7 Å². The summed E-state index contributed by atoms with van der Waals surface area (Å²) < 4.78 is 5.25. The maximum atomic E-state index is 2.66. The highest BCUT2D eigenvalue weighted by Gasteiger charge is 2.45. The van der Waals surface area contributed by atoms with Crippen molar-refractivity contribution in [1.29, 1.82) is 0 Å². The van der Waals surface area contributed by atoms with Crippen molar-refractivity contribution >= 4 is 133 Å². The van der Waals surface area contributed by atoms with Crippen LogP contribution in [0, 0.1) is 0 Å². The van der Waals surface area contributed by atoms with Gasteiger partial charge in [-0.1, -0.05) is 235 Å². The van der Waals surface area contributed by atoms with E-state index in [4.69, 9.17) is 0 Å². The van der Waals surface area contributed by atoms with E-state index in [1.807, 2.05) is 0 Å². The van der Waals surface area contributed by atoms with E-state index in [1.54, 1.807) is 0 Å². The molecule has 5 heteroatoms. The molecule has 0 aliphatic carbocycles. The summed E-state index contributed by atoms with van der Waals surface area (Å²) in [5, 5.41) is 10.4. The molecule has 0 fully saturated rings. The Morgan fingerprint density at radius 2 is 0.535 bits per heavy atom. The van der Waals surface area contributed by atoms with E-state index in [1.165, 1.54) is 182 Å². The van der Waals surface area contributed by atoms with Crippen molar-refractivity contribution in [2.75, 3.05) is 9.80 Å². The molecule has 2 aliphatic rings. The van der Waals surface area contributed by atoms with Gasteiger partial charge < -0.3 is 18.6 Å². The van der Waals surface area contributed by atoms with Gasteiger partial charge in [-0.05, 0) is 214 Å². The van der Waals surface area contributed by atoms with Gasteiger partial charge in [0.2, 0.25) is 0 Å². The van der Waals surface area contributed by atoms with Gasteiger partial charge in [0.05, 0.1) is 33.1 Å². The van der Waals surface area contributed by atoms with E-state index in [0.29, 0.717) is 0 Å². The molecule has 6 heterocycles. The standard InChI is InChI=1S/C94H79BN4/c1-91(2,3)64-36-38-80-70(46-64)74-48-66(93(7,8)9)50-76-72-52-78-86(54-84(72)98(80)89(74)76)96(68-42-60(56-26-17-13-18-27-56)40-61(43-68)57-28-19-14-20-29-57)82-34-25-35-83-88(82)95(78)79-53-73-77-51-67(94(10,11)12)49-75-71-47-65(92(4,5)6)37-39-81(71)99(90(75)77)85(73)55-87(79)97(83)69-44-62(58-30-21-15-22-31-58)41-63(45-69)59-32-23-16-24-33-59/h13-55H,1-12H3. The van der Waals surface area contributed by atoms with Crippen molar-refractivity contribution < 1.29 is 0 Å². The van der Waals surface area contributed by atoms with Crippen molar-refractivity contribution in [3.05, 3.63) is 283 Å². The van der Waals surface area contributed by atoms with Crippen LogP contribution in [0.25, 0.3) is 121 Å². The van der Waals surface area contributed by atoms with E-state index < -0.39 is 0 Å². The first-order valence-corrected chi connectivity index (χ1v) is 35.5. The lowest BCUT2D eigenvalue weighted by atomic mass is 9.33. The highest BCUT2D eigenvalue weighted by molar-refractivity contribution is 7.00. The van der Waals surface area contributed by atoms with Crippen LogP contribution in [0.5, 0.6) is 0 Å². The van der Waals surface area contributed by atoms with Crippen LogP contribution in [0.1, 0.15) is 105 Å². The van der Waals surface area contributed by atoms with E-state index in [-0.39, 0.29) is 28.4 Å². The topological polar surface area (TPSA) is 15.3 Å². The average Bonchev–Trinajstić information content (AvgIpc) is 1.46. The second-order valence-electron chi connectivity index (χ2n) is 32.6. The molecule has 0 N–H and O–H groups in total. The molecule has 478 valence electrons. The molecule has 4 aromatic heterocycles. The fourth-order valence-electron chi connectivity index (χ4n) is 17.0. The first-order valence-electron chi connectivity index (χ1n) is 35.5. The van der Waals surface area contributed by atoms with Gasteiger partial charge in [-0.2, -0.15) is 0 Å². The zero-order valence-electron chi connectivity index (χ0n) is 58.7. The number of fused-ring (bicyclic) bond motifs is 16. The zero-order chi connectivity index (χ0) is 67.5. The Morgan fingerprint density at radius 3 is 0.848 bits per heavy atom. The van der Waals surface area contributed by atoms with Gasteiger partial charge in [-0.15, -0.1) is 0 Å². The molecule has 0 bridgehead atoms. The van der Waals surface area contributed by atoms with Gasteiger partial charge in [0.15, 0.2) is 0 Å². The lowest BCUT2D eigenvalue weighted by Gasteiger charge is -2.44. The third-order valence-electron chi connectivity index (χ3n) is 22.3. The van der Waals surface area contributed by atoms with Crippen LogP contribution in [0.15, 0.2) is 261 Å². The monoisotopic (exact) mass is 1270 g/mol. The molecule has 0 saturated heterocycles. The van der Waals surface area contributed by atoms with Gasteiger partial charge in [0.1, 0.15) is 0 Å². The third kappa shape index (κ3) is 8.98. The van der Waals surface area contributed by atoms with Gasteiger partial charge in [-0.3, -0.25) is 0 Å². The van der Waals surface area contributed by atoms with Crippen molar-refractivity contribution in [3.63, 3.8) is 0 Å². The van der Waals surface area contributed by atoms with Gasteiger partial charge in [0.25, 0.3) is 6.71 Å². The van der Waals surface area contributed by atoms with Gasteiger partial charge in [-0.25, -0.2) is 0 Å². The van der Waals surface area contributed by atoms with E-state index in [9.17, 15) is 0 Å². The number of hydrogen-bond donors (Lipinski definition) is 0. The number of rotatable bonds is 6. The predicted octanol–water partition coefficient (Wildman–Crippen LogP) is 23.9. The first kappa shape index (κ1) is 59.4. The quantitative estimate of drug-likeness (QED) is 0.154. The second kappa shape index (κ2) is 20.8. The molecule has 17 aromatic rings. The van der Waals surface area contributed by atoms with Crippen LogP contribution in [0.3, 0.4) is 0 Å². The number of anilines is 6. The highest BCUT2D eigenvalue weighted by atomic mass is 15.2. The molecule has 0 amide bonds. The number of hydrogen-bond acceptors (Lipinski definition) is 2. The third-order valence-corrected chi connectivity index (χ3v) is 22.3. The van der Waals surface area contributed by atoms with Crippen LogP contribution in [0.2, 0.25) is 0 Å². The summed E-state index contributed by atoms with van der Waals surface area (Å²) in [6.45, 7) is 28.1. The lowest BCUT2D eigenvalue weighted by molar-refractivity contribution is 0.590. The second-order valence-corrected chi connectivity index (χ2v) is 32.6. The van der Waals surface area contributed by atoms with E-state index >= 15 is 0 Å². The molecule has 0 atom stereocenters. The normalized spacial score (nSPS) is 13.6. The Kier molecular flexibility index (Phi) is 12.5. The summed E-state index contributed by atoms with van der Waals surface area (Å²) in [5.74, 6) is 0. The molecule has 13 aromatic carbocycles. The Balaban J connectivity index is 0.984. The molecule has 0 unspecified atom stereocenters. The predicted molar refractivity (Wildman–Crippen MR) is 426 cm³/mol. The maximum Gasteiger partial charge on any atom is 0.252 e. The van der Waals surface area contributed by atoms with Crippen molar-refractivity contribution in [2.45, 2.75) is 105 Å². The Bertz CT molecular complexity index is 5690. The highest BCUT2D eigenvalue weighted by Crippen LogP contribution is 2.52. The number of aromatic nitrogens is 2. The summed E-state index contributed by atoms with van der Waals surface area (Å²) in [6.07, 6.45) is 0. The number of nitrogens with zero attached hydrogens (tertiary/aromatic N) is 4. The van der Waals surface area contributed by atoms with Gasteiger partial charge in [0, 0.05) is 77.2 Å². The molecule has 4 nitrogen and oxygen atoms in total. The van der Waals surface area contributed by atoms with Crippen molar-refractivity contribution in [3.8, 4) is 44.5 Å². The lowest BCUT2D eigenvalue weighted by Crippen LogP contribution is -2.61. The van der Waals surface area contributed by atoms with Gasteiger partial charge >= 0.3 is 0 Å². The molecule has 99 heavy (non-hydrogen) atoms. The van der Waals surface area contributed by atoms with Crippen molar-refractivity contribution in [2.24, 2.45) is 0 Å². The summed E-state index contributed by atoms with van der Waals surface area (Å²) in [7, 11) is 0. The molecule has 0 radical (unpaired) electrons. The average molecular weight is 1280 g/mol. The smallest absolute Gasteiger partial charge is 0.252 e. The molecule has 0 saturated carbocycles. The van der Waals surface area contributed by atoms with Crippen LogP contribution in [0.4, 0.5) is 34.1 Å². The minimum Gasteiger partial charge on any atom is -0.311 e. The molecule has 2 aliphatic heterocycles. The van der Waals surface area contributed by atoms with E-state index in [0.717, 1.165) is 11.4 Å². The van der Waals surface area contributed by atoms with Crippen molar-refractivity contribution in [1.82, 2.24) is 8.80 Å². The Hall–Kier alpha value is -10.9. The summed E-state index contributed by atoms with van der Waals surface area (Å²) >= 11 is 0. The minimum atomic E-state index is -0.194. The fraction of sp³-hybridized carbons (Fsp3) is 0.170. The minimum absolute atomic E-state index is 0.0240. The van der Waals surface area contributed by atoms with E-state index in [2.05, 4.69) is 363 Å². The van der Waals surface area contributed by atoms with Crippen LogP contribution in [-0.4, -0.2) is 15.5 Å².